The van der Waals surface area contributed by atoms with Crippen molar-refractivity contribution in [3.8, 4) is 0 Å². The predicted octanol–water partition coefficient (Wildman–Crippen LogP) is 1.80. The quantitative estimate of drug-likeness (QED) is 0.664. The summed E-state index contributed by atoms with van der Waals surface area (Å²) in [6.07, 6.45) is 2.31. The van der Waals surface area contributed by atoms with Crippen molar-refractivity contribution < 1.29 is 14.3 Å². The Bertz CT molecular complexity index is 705. The van der Waals surface area contributed by atoms with Crippen LogP contribution in [0.5, 0.6) is 0 Å². The number of ether oxygens (including phenoxy) is 2. The third-order valence-electron chi connectivity index (χ3n) is 3.69. The number of carbonyl (C=O) groups is 1. The van der Waals surface area contributed by atoms with Crippen LogP contribution in [0.25, 0.3) is 0 Å². The number of aldehydes is 1. The summed E-state index contributed by atoms with van der Waals surface area (Å²) in [6, 6.07) is 9.03. The van der Waals surface area contributed by atoms with E-state index in [0.29, 0.717) is 23.4 Å². The molecule has 114 valence electrons. The van der Waals surface area contributed by atoms with E-state index in [1.807, 2.05) is 12.1 Å². The number of fused-ring (bicyclic) bond motifs is 1. The summed E-state index contributed by atoms with van der Waals surface area (Å²) >= 11 is 0. The van der Waals surface area contributed by atoms with Crippen LogP contribution in [0.15, 0.2) is 36.5 Å². The van der Waals surface area contributed by atoms with Gasteiger partial charge in [-0.1, -0.05) is 6.07 Å². The van der Waals surface area contributed by atoms with Crippen molar-refractivity contribution in [2.75, 3.05) is 18.1 Å². The molecular weight excluding hydrogens is 282 g/mol. The number of aromatic nitrogens is 1. The Morgan fingerprint density at radius 1 is 1.27 bits per heavy atom. The highest BCUT2D eigenvalue weighted by Gasteiger charge is 2.39. The average Bonchev–Trinajstić information content (AvgIpc) is 2.75. The molecule has 2 aromatic rings. The lowest BCUT2D eigenvalue weighted by atomic mass is 10.1. The van der Waals surface area contributed by atoms with Crippen molar-refractivity contribution in [2.45, 2.75) is 19.0 Å². The number of rotatable bonds is 3. The average molecular weight is 299 g/mol. The van der Waals surface area contributed by atoms with Crippen LogP contribution in [0.1, 0.15) is 16.7 Å². The molecule has 0 aliphatic carbocycles. The standard InChI is InChI=1S/C16H17N3O3/c1-18-15-14(3-2-6-19-15)16(10-20)21-8-11-4-5-13(17)7-12(11)9-22-16/h2-7,10H,8-9,17H2,1H3,(H,18,19). The normalized spacial score (nSPS) is 20.8. The zero-order chi connectivity index (χ0) is 15.6. The molecule has 0 fully saturated rings. The van der Waals surface area contributed by atoms with Gasteiger partial charge in [-0.15, -0.1) is 0 Å². The van der Waals surface area contributed by atoms with Crippen molar-refractivity contribution in [3.63, 3.8) is 0 Å². The minimum absolute atomic E-state index is 0.233. The molecular formula is C16H17N3O3. The smallest absolute Gasteiger partial charge is 0.257 e. The Labute approximate surface area is 128 Å². The molecule has 6 heteroatoms. The van der Waals surface area contributed by atoms with Crippen LogP contribution in [0.3, 0.4) is 0 Å². The molecule has 1 atom stereocenters. The molecule has 2 heterocycles. The molecule has 0 saturated heterocycles. The molecule has 0 bridgehead atoms. The number of hydrogen-bond acceptors (Lipinski definition) is 6. The summed E-state index contributed by atoms with van der Waals surface area (Å²) in [5.41, 5.74) is 8.87. The highest BCUT2D eigenvalue weighted by atomic mass is 16.7. The van der Waals surface area contributed by atoms with Crippen LogP contribution in [0, 0.1) is 0 Å². The van der Waals surface area contributed by atoms with Gasteiger partial charge in [0, 0.05) is 18.9 Å². The van der Waals surface area contributed by atoms with Gasteiger partial charge in [-0.25, -0.2) is 4.98 Å². The molecule has 3 rings (SSSR count). The van der Waals surface area contributed by atoms with E-state index < -0.39 is 5.79 Å². The van der Waals surface area contributed by atoms with Crippen molar-refractivity contribution in [2.24, 2.45) is 0 Å². The number of hydrogen-bond donors (Lipinski definition) is 2. The highest BCUT2D eigenvalue weighted by molar-refractivity contribution is 5.68. The molecule has 1 aliphatic heterocycles. The number of nitrogen functional groups attached to an aromatic ring is 1. The van der Waals surface area contributed by atoms with Gasteiger partial charge in [-0.2, -0.15) is 0 Å². The Morgan fingerprint density at radius 3 is 2.77 bits per heavy atom. The lowest BCUT2D eigenvalue weighted by Gasteiger charge is -2.27. The second-order valence-electron chi connectivity index (χ2n) is 5.04. The predicted molar refractivity (Wildman–Crippen MR) is 82.0 cm³/mol. The summed E-state index contributed by atoms with van der Waals surface area (Å²) < 4.78 is 11.6. The first-order chi connectivity index (χ1) is 10.7. The molecule has 1 aromatic carbocycles. The van der Waals surface area contributed by atoms with E-state index in [0.717, 1.165) is 11.1 Å². The SMILES string of the molecule is CNc1ncccc1C1(C=O)OCc2ccc(N)cc2CO1. The zero-order valence-electron chi connectivity index (χ0n) is 12.2. The first-order valence-corrected chi connectivity index (χ1v) is 6.93. The number of benzene rings is 1. The Hall–Kier alpha value is -2.44. The van der Waals surface area contributed by atoms with Gasteiger partial charge >= 0.3 is 0 Å². The van der Waals surface area contributed by atoms with Gasteiger partial charge in [0.15, 0.2) is 6.29 Å². The van der Waals surface area contributed by atoms with Gasteiger partial charge < -0.3 is 20.5 Å². The summed E-state index contributed by atoms with van der Waals surface area (Å²) in [7, 11) is 1.73. The lowest BCUT2D eigenvalue weighted by Crippen LogP contribution is -2.34. The van der Waals surface area contributed by atoms with Crippen LogP contribution in [-0.2, 0) is 33.3 Å². The van der Waals surface area contributed by atoms with E-state index in [9.17, 15) is 4.79 Å². The van der Waals surface area contributed by atoms with E-state index in [2.05, 4.69) is 10.3 Å². The lowest BCUT2D eigenvalue weighted by molar-refractivity contribution is -0.231. The largest absolute Gasteiger partial charge is 0.399 e. The molecule has 0 radical (unpaired) electrons. The van der Waals surface area contributed by atoms with Crippen LogP contribution in [0.2, 0.25) is 0 Å². The fraction of sp³-hybridized carbons (Fsp3) is 0.250. The van der Waals surface area contributed by atoms with Gasteiger partial charge in [-0.05, 0) is 35.4 Å². The van der Waals surface area contributed by atoms with Crippen LogP contribution in [0.4, 0.5) is 11.5 Å². The van der Waals surface area contributed by atoms with Crippen LogP contribution < -0.4 is 11.1 Å². The monoisotopic (exact) mass is 299 g/mol. The summed E-state index contributed by atoms with van der Waals surface area (Å²) in [5.74, 6) is -0.944. The maximum atomic E-state index is 11.8. The number of pyridine rings is 1. The summed E-state index contributed by atoms with van der Waals surface area (Å²) in [4.78, 5) is 16.0. The van der Waals surface area contributed by atoms with Crippen molar-refractivity contribution >= 4 is 17.8 Å². The molecule has 0 spiro atoms. The maximum Gasteiger partial charge on any atom is 0.257 e. The Balaban J connectivity index is 2.01. The number of nitrogens with two attached hydrogens (primary N) is 1. The van der Waals surface area contributed by atoms with Crippen molar-refractivity contribution in [1.29, 1.82) is 0 Å². The topological polar surface area (TPSA) is 86.5 Å². The minimum atomic E-state index is -1.49. The molecule has 1 aliphatic rings. The van der Waals surface area contributed by atoms with Gasteiger partial charge in [0.2, 0.25) is 0 Å². The number of carbonyl (C=O) groups excluding carboxylic acids is 1. The van der Waals surface area contributed by atoms with E-state index >= 15 is 0 Å². The third-order valence-corrected chi connectivity index (χ3v) is 3.69. The molecule has 0 saturated carbocycles. The zero-order valence-corrected chi connectivity index (χ0v) is 12.2. The third kappa shape index (κ3) is 2.43. The second kappa shape index (κ2) is 5.75. The van der Waals surface area contributed by atoms with Crippen LogP contribution >= 0.6 is 0 Å². The molecule has 1 aromatic heterocycles. The van der Waals surface area contributed by atoms with Gasteiger partial charge in [0.25, 0.3) is 5.79 Å². The van der Waals surface area contributed by atoms with E-state index in [1.165, 1.54) is 0 Å². The first-order valence-electron chi connectivity index (χ1n) is 6.93. The molecule has 3 N–H and O–H groups in total. The fourth-order valence-electron chi connectivity index (χ4n) is 2.51. The molecule has 22 heavy (non-hydrogen) atoms. The summed E-state index contributed by atoms with van der Waals surface area (Å²) in [6.45, 7) is 0.490. The number of anilines is 2. The summed E-state index contributed by atoms with van der Waals surface area (Å²) in [5, 5.41) is 2.95. The van der Waals surface area contributed by atoms with E-state index in [4.69, 9.17) is 15.2 Å². The second-order valence-corrected chi connectivity index (χ2v) is 5.04. The Kier molecular flexibility index (Phi) is 3.79. The molecule has 6 nitrogen and oxygen atoms in total. The number of nitrogens with zero attached hydrogens (tertiary/aromatic N) is 1. The van der Waals surface area contributed by atoms with Crippen LogP contribution in [-0.4, -0.2) is 18.3 Å². The van der Waals surface area contributed by atoms with Crippen molar-refractivity contribution in [3.05, 3.63) is 53.2 Å². The highest BCUT2D eigenvalue weighted by Crippen LogP contribution is 2.35. The van der Waals surface area contributed by atoms with E-state index in [1.54, 1.807) is 31.4 Å². The first kappa shape index (κ1) is 14.5. The van der Waals surface area contributed by atoms with Crippen molar-refractivity contribution in [1.82, 2.24) is 4.98 Å². The fourth-order valence-corrected chi connectivity index (χ4v) is 2.51. The molecule has 0 amide bonds. The van der Waals surface area contributed by atoms with Gasteiger partial charge in [0.1, 0.15) is 5.82 Å². The van der Waals surface area contributed by atoms with Gasteiger partial charge in [-0.3, -0.25) is 4.79 Å². The maximum absolute atomic E-state index is 11.8. The van der Waals surface area contributed by atoms with Gasteiger partial charge in [0.05, 0.1) is 18.8 Å². The van der Waals surface area contributed by atoms with E-state index in [-0.39, 0.29) is 13.2 Å². The molecule has 1 unspecified atom stereocenters. The Morgan fingerprint density at radius 2 is 2.05 bits per heavy atom. The minimum Gasteiger partial charge on any atom is -0.399 e. The number of nitrogens with one attached hydrogen (secondary N) is 1.